The minimum Gasteiger partial charge on any atom is -0.507 e. The molecule has 0 aromatic heterocycles. The lowest BCUT2D eigenvalue weighted by atomic mass is 9.99. The summed E-state index contributed by atoms with van der Waals surface area (Å²) in [4.78, 5) is 11.0. The van der Waals surface area contributed by atoms with E-state index >= 15 is 0 Å². The highest BCUT2D eigenvalue weighted by Gasteiger charge is 2.49. The molecule has 0 heterocycles. The van der Waals surface area contributed by atoms with Crippen LogP contribution in [-0.2, 0) is 9.53 Å². The highest BCUT2D eigenvalue weighted by atomic mass is 35.5. The van der Waals surface area contributed by atoms with Gasteiger partial charge in [0, 0.05) is 12.1 Å². The number of hydrogen-bond donors (Lipinski definition) is 2. The van der Waals surface area contributed by atoms with Crippen LogP contribution in [0.1, 0.15) is 18.5 Å². The SMILES string of the molecule is CCOC(=O)C(F)(F)[C@H](N)c1c(O)cc(F)cc1F.Cl. The number of phenols is 1. The number of ether oxygens (including phenoxy) is 1. The summed E-state index contributed by atoms with van der Waals surface area (Å²) in [5, 5.41) is 9.27. The number of alkyl halides is 2. The van der Waals surface area contributed by atoms with Gasteiger partial charge in [-0.3, -0.25) is 0 Å². The number of rotatable bonds is 4. The van der Waals surface area contributed by atoms with Crippen molar-refractivity contribution >= 4 is 18.4 Å². The van der Waals surface area contributed by atoms with E-state index in [1.165, 1.54) is 6.92 Å². The van der Waals surface area contributed by atoms with Gasteiger partial charge in [-0.15, -0.1) is 12.4 Å². The number of phenolic OH excluding ortho intramolecular Hbond substituents is 1. The topological polar surface area (TPSA) is 72.5 Å². The van der Waals surface area contributed by atoms with E-state index in [2.05, 4.69) is 4.74 Å². The number of carbonyl (C=O) groups is 1. The minimum absolute atomic E-state index is 0. The Bertz CT molecular complexity index is 476. The fourth-order valence-corrected chi connectivity index (χ4v) is 1.41. The lowest BCUT2D eigenvalue weighted by Gasteiger charge is -2.22. The van der Waals surface area contributed by atoms with Gasteiger partial charge in [0.2, 0.25) is 0 Å². The number of hydrogen-bond acceptors (Lipinski definition) is 4. The van der Waals surface area contributed by atoms with Crippen molar-refractivity contribution in [2.45, 2.75) is 18.9 Å². The van der Waals surface area contributed by atoms with Crippen molar-refractivity contribution in [2.24, 2.45) is 5.73 Å². The summed E-state index contributed by atoms with van der Waals surface area (Å²) >= 11 is 0. The van der Waals surface area contributed by atoms with Gasteiger partial charge < -0.3 is 15.6 Å². The van der Waals surface area contributed by atoms with Crippen LogP contribution < -0.4 is 5.73 Å². The summed E-state index contributed by atoms with van der Waals surface area (Å²) < 4.78 is 57.4. The van der Waals surface area contributed by atoms with Crippen molar-refractivity contribution in [3.05, 3.63) is 29.3 Å². The molecule has 0 aliphatic rings. The van der Waals surface area contributed by atoms with Crippen LogP contribution in [0.3, 0.4) is 0 Å². The first-order chi connectivity index (χ1) is 8.71. The Balaban J connectivity index is 0.00000361. The van der Waals surface area contributed by atoms with Crippen LogP contribution >= 0.6 is 12.4 Å². The van der Waals surface area contributed by atoms with Crippen molar-refractivity contribution in [3.8, 4) is 5.75 Å². The number of esters is 1. The molecule has 3 N–H and O–H groups in total. The minimum atomic E-state index is -4.26. The van der Waals surface area contributed by atoms with Crippen LogP contribution in [0.15, 0.2) is 12.1 Å². The zero-order valence-corrected chi connectivity index (χ0v) is 11.0. The second-order valence-electron chi connectivity index (χ2n) is 3.64. The summed E-state index contributed by atoms with van der Waals surface area (Å²) in [5.74, 6) is -9.95. The molecule has 1 aromatic carbocycles. The molecule has 0 unspecified atom stereocenters. The van der Waals surface area contributed by atoms with Gasteiger partial charge in [-0.05, 0) is 6.92 Å². The molecule has 1 rings (SSSR count). The van der Waals surface area contributed by atoms with Crippen LogP contribution in [0.25, 0.3) is 0 Å². The van der Waals surface area contributed by atoms with E-state index in [-0.39, 0.29) is 25.1 Å². The van der Waals surface area contributed by atoms with Gasteiger partial charge in [0.15, 0.2) is 0 Å². The fourth-order valence-electron chi connectivity index (χ4n) is 1.41. The van der Waals surface area contributed by atoms with E-state index in [9.17, 15) is 27.5 Å². The van der Waals surface area contributed by atoms with Gasteiger partial charge >= 0.3 is 11.9 Å². The van der Waals surface area contributed by atoms with Gasteiger partial charge in [0.1, 0.15) is 23.4 Å². The first kappa shape index (κ1) is 18.5. The quantitative estimate of drug-likeness (QED) is 0.660. The van der Waals surface area contributed by atoms with Crippen molar-refractivity contribution in [2.75, 3.05) is 6.61 Å². The lowest BCUT2D eigenvalue weighted by Crippen LogP contribution is -2.42. The van der Waals surface area contributed by atoms with Crippen molar-refractivity contribution in [1.82, 2.24) is 0 Å². The van der Waals surface area contributed by atoms with Gasteiger partial charge in [-0.25, -0.2) is 13.6 Å². The molecule has 0 bridgehead atoms. The van der Waals surface area contributed by atoms with E-state index in [0.29, 0.717) is 6.07 Å². The molecule has 114 valence electrons. The Morgan fingerprint density at radius 3 is 2.45 bits per heavy atom. The Kier molecular flexibility index (Phi) is 6.24. The summed E-state index contributed by atoms with van der Waals surface area (Å²) in [6, 6.07) is -1.80. The third kappa shape index (κ3) is 3.51. The lowest BCUT2D eigenvalue weighted by molar-refractivity contribution is -0.175. The maximum Gasteiger partial charge on any atom is 0.379 e. The molecule has 0 amide bonds. The molecule has 1 aromatic rings. The third-order valence-electron chi connectivity index (χ3n) is 2.32. The summed E-state index contributed by atoms with van der Waals surface area (Å²) in [6.07, 6.45) is 0. The third-order valence-corrected chi connectivity index (χ3v) is 2.32. The van der Waals surface area contributed by atoms with Crippen LogP contribution in [-0.4, -0.2) is 23.6 Å². The molecule has 0 aliphatic carbocycles. The van der Waals surface area contributed by atoms with Crippen molar-refractivity contribution in [3.63, 3.8) is 0 Å². The average molecular weight is 318 g/mol. The van der Waals surface area contributed by atoms with E-state index in [1.807, 2.05) is 0 Å². The maximum atomic E-state index is 13.6. The van der Waals surface area contributed by atoms with Gasteiger partial charge in [0.25, 0.3) is 0 Å². The molecule has 0 aliphatic heterocycles. The molecule has 4 nitrogen and oxygen atoms in total. The van der Waals surface area contributed by atoms with Crippen LogP contribution in [0, 0.1) is 11.6 Å². The Morgan fingerprint density at radius 1 is 1.45 bits per heavy atom. The molecule has 1 atom stereocenters. The number of nitrogens with two attached hydrogens (primary N) is 1. The standard InChI is InChI=1S/C11H11F4NO3.ClH/c1-2-19-10(18)11(14,15)9(16)8-6(13)3-5(12)4-7(8)17;/h3-4,9,17H,2,16H2,1H3;1H/t9-;/m1./s1. The molecular weight excluding hydrogens is 306 g/mol. The Labute approximate surface area is 117 Å². The van der Waals surface area contributed by atoms with E-state index < -0.39 is 40.9 Å². The molecule has 0 saturated carbocycles. The highest BCUT2D eigenvalue weighted by molar-refractivity contribution is 5.85. The monoisotopic (exact) mass is 317 g/mol. The molecule has 0 radical (unpaired) electrons. The second-order valence-corrected chi connectivity index (χ2v) is 3.64. The molecular formula is C11H12ClF4NO3. The number of halogens is 5. The van der Waals surface area contributed by atoms with Crippen LogP contribution in [0.4, 0.5) is 17.6 Å². The first-order valence-electron chi connectivity index (χ1n) is 5.20. The zero-order valence-electron chi connectivity index (χ0n) is 10.2. The van der Waals surface area contributed by atoms with E-state index in [4.69, 9.17) is 5.73 Å². The van der Waals surface area contributed by atoms with E-state index in [1.54, 1.807) is 0 Å². The van der Waals surface area contributed by atoms with Gasteiger partial charge in [-0.1, -0.05) is 0 Å². The van der Waals surface area contributed by atoms with Crippen molar-refractivity contribution < 1.29 is 32.2 Å². The summed E-state index contributed by atoms with van der Waals surface area (Å²) in [6.45, 7) is 0.981. The fraction of sp³-hybridized carbons (Fsp3) is 0.364. The predicted octanol–water partition coefficient (Wildman–Crippen LogP) is 2.29. The number of benzene rings is 1. The number of carbonyl (C=O) groups excluding carboxylic acids is 1. The predicted molar refractivity (Wildman–Crippen MR) is 63.8 cm³/mol. The maximum absolute atomic E-state index is 13.6. The average Bonchev–Trinajstić information content (AvgIpc) is 2.27. The molecule has 9 heteroatoms. The van der Waals surface area contributed by atoms with Gasteiger partial charge in [0.05, 0.1) is 12.2 Å². The normalized spacial score (nSPS) is 12.5. The molecule has 0 spiro atoms. The number of aromatic hydroxyl groups is 1. The Hall–Kier alpha value is -1.54. The van der Waals surface area contributed by atoms with Crippen LogP contribution in [0.5, 0.6) is 5.75 Å². The first-order valence-corrected chi connectivity index (χ1v) is 5.20. The largest absolute Gasteiger partial charge is 0.507 e. The second kappa shape index (κ2) is 6.76. The Morgan fingerprint density at radius 2 is 2.00 bits per heavy atom. The molecule has 20 heavy (non-hydrogen) atoms. The highest BCUT2D eigenvalue weighted by Crippen LogP contribution is 2.36. The summed E-state index contributed by atoms with van der Waals surface area (Å²) in [7, 11) is 0. The van der Waals surface area contributed by atoms with E-state index in [0.717, 1.165) is 0 Å². The zero-order chi connectivity index (χ0) is 14.8. The van der Waals surface area contributed by atoms with Gasteiger partial charge in [-0.2, -0.15) is 8.78 Å². The molecule has 0 fully saturated rings. The summed E-state index contributed by atoms with van der Waals surface area (Å²) in [5.41, 5.74) is 4.03. The van der Waals surface area contributed by atoms with Crippen LogP contribution in [0.2, 0.25) is 0 Å². The molecule has 0 saturated heterocycles. The van der Waals surface area contributed by atoms with Crippen molar-refractivity contribution in [1.29, 1.82) is 0 Å². The smallest absolute Gasteiger partial charge is 0.379 e.